The summed E-state index contributed by atoms with van der Waals surface area (Å²) in [5, 5.41) is 0. The van der Waals surface area contributed by atoms with Crippen LogP contribution in [0, 0.1) is 11.8 Å². The quantitative estimate of drug-likeness (QED) is 0.605. The lowest BCUT2D eigenvalue weighted by atomic mass is 9.85. The molecule has 0 amide bonds. The largest absolute Gasteiger partial charge is 0.271 e. The van der Waals surface area contributed by atoms with Gasteiger partial charge in [0.25, 0.3) is 0 Å². The molecule has 0 saturated heterocycles. The molecule has 0 aromatic heterocycles. The molecule has 0 radical (unpaired) electrons. The molecule has 1 aromatic rings. The fourth-order valence-electron chi connectivity index (χ4n) is 3.69. The molecule has 2 rings (SSSR count). The predicted octanol–water partition coefficient (Wildman–Crippen LogP) is 3.62. The second-order valence-corrected chi connectivity index (χ2v) is 6.59. The van der Waals surface area contributed by atoms with E-state index in [0.29, 0.717) is 12.0 Å². The van der Waals surface area contributed by atoms with Gasteiger partial charge in [-0.25, -0.2) is 0 Å². The molecular weight excluding hydrogens is 232 g/mol. The summed E-state index contributed by atoms with van der Waals surface area (Å²) in [6.45, 7) is 6.95. The molecular formula is C17H28N2. The average molecular weight is 260 g/mol. The first-order chi connectivity index (χ1) is 9.11. The first kappa shape index (κ1) is 14.5. The number of nitrogens with two attached hydrogens (primary N) is 1. The van der Waals surface area contributed by atoms with E-state index in [2.05, 4.69) is 50.5 Å². The zero-order valence-corrected chi connectivity index (χ0v) is 12.5. The Morgan fingerprint density at radius 2 is 1.95 bits per heavy atom. The molecule has 1 aliphatic rings. The molecule has 0 fully saturated rings. The van der Waals surface area contributed by atoms with Gasteiger partial charge >= 0.3 is 0 Å². The maximum absolute atomic E-state index is 5.84. The number of benzene rings is 1. The van der Waals surface area contributed by atoms with Gasteiger partial charge in [-0.2, -0.15) is 0 Å². The summed E-state index contributed by atoms with van der Waals surface area (Å²) in [6.07, 6.45) is 4.90. The summed E-state index contributed by atoms with van der Waals surface area (Å²) < 4.78 is 0. The second kappa shape index (κ2) is 6.53. The SMILES string of the molecule is CC(C)CC(C)CC(NN)C1CCc2ccccc21. The standard InChI is InChI=1S/C17H28N2/c1-12(2)10-13(3)11-17(19-18)16-9-8-14-6-4-5-7-15(14)16/h4-7,12-13,16-17,19H,8-11,18H2,1-3H3. The number of hydrazine groups is 1. The van der Waals surface area contributed by atoms with Gasteiger partial charge in [-0.3, -0.25) is 11.3 Å². The van der Waals surface area contributed by atoms with Crippen LogP contribution in [0.15, 0.2) is 24.3 Å². The minimum atomic E-state index is 0.414. The third-order valence-corrected chi connectivity index (χ3v) is 4.41. The van der Waals surface area contributed by atoms with Crippen molar-refractivity contribution in [1.29, 1.82) is 0 Å². The van der Waals surface area contributed by atoms with Gasteiger partial charge in [0.05, 0.1) is 0 Å². The van der Waals surface area contributed by atoms with Gasteiger partial charge < -0.3 is 0 Å². The normalized spacial score (nSPS) is 21.4. The van der Waals surface area contributed by atoms with Crippen LogP contribution in [0.1, 0.15) is 57.1 Å². The summed E-state index contributed by atoms with van der Waals surface area (Å²) in [7, 11) is 0. The smallest absolute Gasteiger partial charge is 0.0281 e. The number of aryl methyl sites for hydroxylation is 1. The van der Waals surface area contributed by atoms with E-state index in [1.165, 1.54) is 36.8 Å². The molecule has 106 valence electrons. The summed E-state index contributed by atoms with van der Waals surface area (Å²) in [5.41, 5.74) is 6.12. The minimum absolute atomic E-state index is 0.414. The molecule has 1 aromatic carbocycles. The van der Waals surface area contributed by atoms with Crippen molar-refractivity contribution in [2.75, 3.05) is 0 Å². The van der Waals surface area contributed by atoms with Crippen LogP contribution in [0.3, 0.4) is 0 Å². The molecule has 3 unspecified atom stereocenters. The van der Waals surface area contributed by atoms with Crippen LogP contribution in [0.2, 0.25) is 0 Å². The molecule has 0 spiro atoms. The Hall–Kier alpha value is -0.860. The van der Waals surface area contributed by atoms with Crippen LogP contribution >= 0.6 is 0 Å². The van der Waals surface area contributed by atoms with E-state index in [-0.39, 0.29) is 0 Å². The molecule has 0 heterocycles. The number of rotatable bonds is 6. The van der Waals surface area contributed by atoms with E-state index < -0.39 is 0 Å². The predicted molar refractivity (Wildman–Crippen MR) is 81.9 cm³/mol. The Balaban J connectivity index is 2.03. The van der Waals surface area contributed by atoms with E-state index in [9.17, 15) is 0 Å². The molecule has 0 aliphatic heterocycles. The summed E-state index contributed by atoms with van der Waals surface area (Å²) in [6, 6.07) is 9.26. The van der Waals surface area contributed by atoms with Crippen LogP contribution < -0.4 is 11.3 Å². The van der Waals surface area contributed by atoms with Crippen LogP contribution in [-0.4, -0.2) is 6.04 Å². The Labute approximate surface area is 117 Å². The minimum Gasteiger partial charge on any atom is -0.271 e. The number of nitrogens with one attached hydrogen (secondary N) is 1. The third-order valence-electron chi connectivity index (χ3n) is 4.41. The summed E-state index contributed by atoms with van der Waals surface area (Å²) in [5.74, 6) is 7.93. The van der Waals surface area contributed by atoms with Crippen molar-refractivity contribution in [1.82, 2.24) is 5.43 Å². The highest BCUT2D eigenvalue weighted by molar-refractivity contribution is 5.36. The van der Waals surface area contributed by atoms with Crippen LogP contribution in [0.4, 0.5) is 0 Å². The Morgan fingerprint density at radius 3 is 2.63 bits per heavy atom. The van der Waals surface area contributed by atoms with Crippen molar-refractivity contribution < 1.29 is 0 Å². The van der Waals surface area contributed by atoms with E-state index in [1.807, 2.05) is 0 Å². The number of hydrogen-bond donors (Lipinski definition) is 2. The number of fused-ring (bicyclic) bond motifs is 1. The van der Waals surface area contributed by atoms with Crippen molar-refractivity contribution in [3.8, 4) is 0 Å². The Morgan fingerprint density at radius 1 is 1.21 bits per heavy atom. The van der Waals surface area contributed by atoms with Gasteiger partial charge in [0, 0.05) is 12.0 Å². The maximum atomic E-state index is 5.84. The monoisotopic (exact) mass is 260 g/mol. The topological polar surface area (TPSA) is 38.0 Å². The molecule has 2 heteroatoms. The fraction of sp³-hybridized carbons (Fsp3) is 0.647. The van der Waals surface area contributed by atoms with Crippen molar-refractivity contribution in [3.63, 3.8) is 0 Å². The van der Waals surface area contributed by atoms with Crippen molar-refractivity contribution in [2.45, 2.75) is 58.4 Å². The highest BCUT2D eigenvalue weighted by Crippen LogP contribution is 2.37. The lowest BCUT2D eigenvalue weighted by Gasteiger charge is -2.27. The fourth-order valence-corrected chi connectivity index (χ4v) is 3.69. The molecule has 1 aliphatic carbocycles. The van der Waals surface area contributed by atoms with E-state index in [0.717, 1.165) is 11.8 Å². The first-order valence-corrected chi connectivity index (χ1v) is 7.65. The molecule has 2 nitrogen and oxygen atoms in total. The molecule has 19 heavy (non-hydrogen) atoms. The highest BCUT2D eigenvalue weighted by Gasteiger charge is 2.29. The van der Waals surface area contributed by atoms with Gasteiger partial charge in [-0.15, -0.1) is 0 Å². The third kappa shape index (κ3) is 3.58. The van der Waals surface area contributed by atoms with Crippen LogP contribution in [0.25, 0.3) is 0 Å². The maximum Gasteiger partial charge on any atom is 0.0281 e. The lowest BCUT2D eigenvalue weighted by Crippen LogP contribution is -2.40. The highest BCUT2D eigenvalue weighted by atomic mass is 15.2. The van der Waals surface area contributed by atoms with E-state index >= 15 is 0 Å². The second-order valence-electron chi connectivity index (χ2n) is 6.59. The van der Waals surface area contributed by atoms with Crippen molar-refractivity contribution >= 4 is 0 Å². The van der Waals surface area contributed by atoms with Crippen molar-refractivity contribution in [3.05, 3.63) is 35.4 Å². The zero-order valence-electron chi connectivity index (χ0n) is 12.5. The lowest BCUT2D eigenvalue weighted by molar-refractivity contribution is 0.321. The Kier molecular flexibility index (Phi) is 5.00. The van der Waals surface area contributed by atoms with Crippen molar-refractivity contribution in [2.24, 2.45) is 17.7 Å². The summed E-state index contributed by atoms with van der Waals surface area (Å²) >= 11 is 0. The van der Waals surface area contributed by atoms with Gasteiger partial charge in [-0.1, -0.05) is 45.0 Å². The molecule has 0 bridgehead atoms. The molecule has 3 N–H and O–H groups in total. The first-order valence-electron chi connectivity index (χ1n) is 7.65. The van der Waals surface area contributed by atoms with Crippen LogP contribution in [0.5, 0.6) is 0 Å². The average Bonchev–Trinajstić information content (AvgIpc) is 2.79. The zero-order chi connectivity index (χ0) is 13.8. The molecule has 3 atom stereocenters. The van der Waals surface area contributed by atoms with Gasteiger partial charge in [0.1, 0.15) is 0 Å². The number of hydrogen-bond acceptors (Lipinski definition) is 2. The van der Waals surface area contributed by atoms with Gasteiger partial charge in [0.2, 0.25) is 0 Å². The van der Waals surface area contributed by atoms with E-state index in [4.69, 9.17) is 5.84 Å². The van der Waals surface area contributed by atoms with Crippen LogP contribution in [-0.2, 0) is 6.42 Å². The summed E-state index contributed by atoms with van der Waals surface area (Å²) in [4.78, 5) is 0. The van der Waals surface area contributed by atoms with Gasteiger partial charge in [-0.05, 0) is 48.6 Å². The van der Waals surface area contributed by atoms with E-state index in [1.54, 1.807) is 0 Å². The molecule has 0 saturated carbocycles. The Bertz CT molecular complexity index is 400. The van der Waals surface area contributed by atoms with Gasteiger partial charge in [0.15, 0.2) is 0 Å².